The minimum Gasteiger partial charge on any atom is -0.490 e. The molecule has 0 saturated carbocycles. The third-order valence-electron chi connectivity index (χ3n) is 3.99. The lowest BCUT2D eigenvalue weighted by Crippen LogP contribution is -2.10. The zero-order chi connectivity index (χ0) is 18.7. The van der Waals surface area contributed by atoms with Crippen LogP contribution in [0, 0.1) is 5.41 Å². The Morgan fingerprint density at radius 2 is 1.59 bits per heavy atom. The smallest absolute Gasteiger partial charge is 0.126 e. The minimum absolute atomic E-state index is 0. The normalized spacial score (nSPS) is 11.3. The van der Waals surface area contributed by atoms with E-state index in [0.717, 1.165) is 27.6 Å². The van der Waals surface area contributed by atoms with Crippen molar-refractivity contribution in [3.63, 3.8) is 0 Å². The summed E-state index contributed by atoms with van der Waals surface area (Å²) in [4.78, 5) is 0. The first kappa shape index (κ1) is 20.8. The summed E-state index contributed by atoms with van der Waals surface area (Å²) >= 11 is 6.58. The SMILES string of the molecule is CC(C)Oc1ccccc1/C=C(\Cl)c1ccc2cc(C(=N)N)ccc2c1.Cl. The van der Waals surface area contributed by atoms with Crippen LogP contribution in [0.4, 0.5) is 0 Å². The molecule has 3 rings (SSSR count). The number of nitrogens with one attached hydrogen (secondary N) is 1. The molecule has 3 aromatic carbocycles. The van der Waals surface area contributed by atoms with E-state index in [-0.39, 0.29) is 24.3 Å². The van der Waals surface area contributed by atoms with E-state index in [0.29, 0.717) is 10.6 Å². The molecule has 0 aliphatic carbocycles. The first-order valence-electron chi connectivity index (χ1n) is 8.45. The fourth-order valence-electron chi connectivity index (χ4n) is 2.74. The van der Waals surface area contributed by atoms with Gasteiger partial charge in [0.25, 0.3) is 0 Å². The second-order valence-electron chi connectivity index (χ2n) is 6.39. The number of fused-ring (bicyclic) bond motifs is 1. The number of nitrogen functional groups attached to an aromatic ring is 1. The first-order chi connectivity index (χ1) is 12.4. The van der Waals surface area contributed by atoms with Crippen LogP contribution in [0.2, 0.25) is 0 Å². The molecule has 0 bridgehead atoms. The van der Waals surface area contributed by atoms with Gasteiger partial charge >= 0.3 is 0 Å². The average Bonchev–Trinajstić information content (AvgIpc) is 2.62. The predicted molar refractivity (Wildman–Crippen MR) is 118 cm³/mol. The Bertz CT molecular complexity index is 997. The van der Waals surface area contributed by atoms with E-state index in [1.165, 1.54) is 0 Å². The van der Waals surface area contributed by atoms with E-state index in [9.17, 15) is 0 Å². The summed E-state index contributed by atoms with van der Waals surface area (Å²) in [6.45, 7) is 4.00. The van der Waals surface area contributed by atoms with Gasteiger partial charge in [-0.25, -0.2) is 0 Å². The van der Waals surface area contributed by atoms with Gasteiger partial charge in [-0.3, -0.25) is 5.41 Å². The molecule has 0 amide bonds. The van der Waals surface area contributed by atoms with Crippen LogP contribution in [0.3, 0.4) is 0 Å². The zero-order valence-electron chi connectivity index (χ0n) is 15.2. The van der Waals surface area contributed by atoms with Crippen molar-refractivity contribution in [2.45, 2.75) is 20.0 Å². The fraction of sp³-hybridized carbons (Fsp3) is 0.136. The summed E-state index contributed by atoms with van der Waals surface area (Å²) in [6, 6.07) is 19.5. The molecule has 0 radical (unpaired) electrons. The second kappa shape index (κ2) is 8.94. The van der Waals surface area contributed by atoms with E-state index in [1.807, 2.05) is 80.6 Å². The molecule has 0 atom stereocenters. The Morgan fingerprint density at radius 3 is 2.22 bits per heavy atom. The monoisotopic (exact) mass is 400 g/mol. The number of para-hydroxylation sites is 1. The predicted octanol–water partition coefficient (Wildman–Crippen LogP) is 6.07. The Balaban J connectivity index is 0.00000261. The van der Waals surface area contributed by atoms with Crippen molar-refractivity contribution in [1.82, 2.24) is 0 Å². The van der Waals surface area contributed by atoms with Gasteiger partial charge in [-0.2, -0.15) is 0 Å². The highest BCUT2D eigenvalue weighted by Crippen LogP contribution is 2.29. The van der Waals surface area contributed by atoms with Gasteiger partial charge in [0.15, 0.2) is 0 Å². The number of nitrogens with two attached hydrogens (primary N) is 1. The molecule has 0 aliphatic heterocycles. The highest BCUT2D eigenvalue weighted by Gasteiger charge is 2.07. The third kappa shape index (κ3) is 5.03. The van der Waals surface area contributed by atoms with Crippen LogP contribution >= 0.6 is 24.0 Å². The average molecular weight is 401 g/mol. The lowest BCUT2D eigenvalue weighted by atomic mass is 10.0. The molecule has 0 aromatic heterocycles. The van der Waals surface area contributed by atoms with E-state index in [2.05, 4.69) is 0 Å². The minimum atomic E-state index is 0. The fourth-order valence-corrected chi connectivity index (χ4v) is 2.98. The summed E-state index contributed by atoms with van der Waals surface area (Å²) in [5.41, 5.74) is 8.14. The summed E-state index contributed by atoms with van der Waals surface area (Å²) in [5.74, 6) is 0.878. The molecule has 3 aromatic rings. The van der Waals surface area contributed by atoms with Gasteiger partial charge in [0.05, 0.1) is 6.10 Å². The van der Waals surface area contributed by atoms with Gasteiger partial charge < -0.3 is 10.5 Å². The molecule has 3 N–H and O–H groups in total. The molecule has 27 heavy (non-hydrogen) atoms. The molecule has 0 saturated heterocycles. The molecular formula is C22H22Cl2N2O. The van der Waals surface area contributed by atoms with Crippen LogP contribution in [0.25, 0.3) is 21.9 Å². The zero-order valence-corrected chi connectivity index (χ0v) is 16.8. The van der Waals surface area contributed by atoms with Crippen LogP contribution in [-0.4, -0.2) is 11.9 Å². The summed E-state index contributed by atoms with van der Waals surface area (Å²) in [5, 5.41) is 10.3. The number of ether oxygens (including phenoxy) is 1. The lowest BCUT2D eigenvalue weighted by Gasteiger charge is -2.12. The maximum Gasteiger partial charge on any atom is 0.126 e. The standard InChI is InChI=1S/C22H21ClN2O.ClH/c1-14(2)26-21-6-4-3-5-18(21)13-20(23)17-9-7-16-12-19(22(24)25)10-8-15(16)11-17;/h3-14H,1-2H3,(H3,24,25);1H/b20-13-;. The highest BCUT2D eigenvalue weighted by molar-refractivity contribution is 6.51. The number of rotatable bonds is 5. The van der Waals surface area contributed by atoms with Crippen molar-refractivity contribution in [2.24, 2.45) is 5.73 Å². The van der Waals surface area contributed by atoms with E-state index < -0.39 is 0 Å². The second-order valence-corrected chi connectivity index (χ2v) is 6.79. The van der Waals surface area contributed by atoms with Crippen molar-refractivity contribution in [2.75, 3.05) is 0 Å². The Kier molecular flexibility index (Phi) is 6.89. The van der Waals surface area contributed by atoms with E-state index in [4.69, 9.17) is 27.5 Å². The molecule has 140 valence electrons. The lowest BCUT2D eigenvalue weighted by molar-refractivity contribution is 0.242. The van der Waals surface area contributed by atoms with Gasteiger partial charge in [-0.05, 0) is 54.5 Å². The van der Waals surface area contributed by atoms with Crippen molar-refractivity contribution in [1.29, 1.82) is 5.41 Å². The maximum atomic E-state index is 7.55. The molecule has 0 heterocycles. The van der Waals surface area contributed by atoms with Crippen molar-refractivity contribution in [3.05, 3.63) is 77.4 Å². The first-order valence-corrected chi connectivity index (χ1v) is 8.83. The number of hydrogen-bond donors (Lipinski definition) is 2. The highest BCUT2D eigenvalue weighted by atomic mass is 35.5. The Hall–Kier alpha value is -2.49. The molecular weight excluding hydrogens is 379 g/mol. The maximum absolute atomic E-state index is 7.55. The molecule has 3 nitrogen and oxygen atoms in total. The van der Waals surface area contributed by atoms with Crippen LogP contribution in [0.5, 0.6) is 5.75 Å². The van der Waals surface area contributed by atoms with Crippen molar-refractivity contribution in [3.8, 4) is 5.75 Å². The van der Waals surface area contributed by atoms with Gasteiger partial charge in [0, 0.05) is 16.2 Å². The van der Waals surface area contributed by atoms with Gasteiger partial charge in [0.1, 0.15) is 11.6 Å². The van der Waals surface area contributed by atoms with E-state index in [1.54, 1.807) is 0 Å². The summed E-state index contributed by atoms with van der Waals surface area (Å²) in [6.07, 6.45) is 2.02. The number of benzene rings is 3. The number of hydrogen-bond acceptors (Lipinski definition) is 2. The molecule has 0 aliphatic rings. The third-order valence-corrected chi connectivity index (χ3v) is 4.32. The Labute approximate surface area is 170 Å². The summed E-state index contributed by atoms with van der Waals surface area (Å²) < 4.78 is 5.85. The van der Waals surface area contributed by atoms with Gasteiger partial charge in [0.2, 0.25) is 0 Å². The van der Waals surface area contributed by atoms with Crippen molar-refractivity contribution < 1.29 is 4.74 Å². The van der Waals surface area contributed by atoms with Crippen LogP contribution in [-0.2, 0) is 0 Å². The topological polar surface area (TPSA) is 59.1 Å². The molecule has 5 heteroatoms. The Morgan fingerprint density at radius 1 is 1.00 bits per heavy atom. The van der Waals surface area contributed by atoms with Crippen LogP contribution < -0.4 is 10.5 Å². The number of amidine groups is 1. The van der Waals surface area contributed by atoms with Gasteiger partial charge in [-0.1, -0.05) is 54.1 Å². The van der Waals surface area contributed by atoms with Crippen molar-refractivity contribution >= 4 is 51.7 Å². The molecule has 0 unspecified atom stereocenters. The van der Waals surface area contributed by atoms with Crippen LogP contribution in [0.1, 0.15) is 30.5 Å². The number of halogens is 2. The molecule has 0 fully saturated rings. The van der Waals surface area contributed by atoms with Gasteiger partial charge in [-0.15, -0.1) is 12.4 Å². The largest absolute Gasteiger partial charge is 0.490 e. The van der Waals surface area contributed by atoms with E-state index >= 15 is 0 Å². The summed E-state index contributed by atoms with van der Waals surface area (Å²) in [7, 11) is 0. The van der Waals surface area contributed by atoms with Crippen LogP contribution in [0.15, 0.2) is 60.7 Å². The molecule has 0 spiro atoms. The quantitative estimate of drug-likeness (QED) is 0.310.